The summed E-state index contributed by atoms with van der Waals surface area (Å²) in [6.45, 7) is 3.16. The maximum absolute atomic E-state index is 13.8. The topological polar surface area (TPSA) is 32.3 Å². The van der Waals surface area contributed by atoms with E-state index in [1.54, 1.807) is 0 Å². The number of piperidine rings is 1. The molecule has 1 heterocycles. The van der Waals surface area contributed by atoms with Crippen molar-refractivity contribution in [3.63, 3.8) is 0 Å². The van der Waals surface area contributed by atoms with Gasteiger partial charge in [0.2, 0.25) is 5.91 Å². The van der Waals surface area contributed by atoms with E-state index in [1.807, 2.05) is 48.5 Å². The molecule has 41 heavy (non-hydrogen) atoms. The molecule has 0 bridgehead atoms. The van der Waals surface area contributed by atoms with E-state index >= 15 is 0 Å². The zero-order chi connectivity index (χ0) is 29.3. The SMILES string of the molecule is C=P(CCCCC)(CCCCC1(C(=O)NCC(F)(F)F)c2ccccc2-c2ccccc21)CCCN1CCCCC1. The van der Waals surface area contributed by atoms with Crippen LogP contribution in [0.25, 0.3) is 11.1 Å². The molecule has 1 aliphatic heterocycles. The lowest BCUT2D eigenvalue weighted by atomic mass is 9.73. The molecule has 4 rings (SSSR count). The first-order chi connectivity index (χ1) is 19.7. The van der Waals surface area contributed by atoms with Crippen molar-refractivity contribution >= 4 is 19.1 Å². The summed E-state index contributed by atoms with van der Waals surface area (Å²) < 4.78 is 39.6. The Morgan fingerprint density at radius 3 is 2.02 bits per heavy atom. The third-order valence-corrected chi connectivity index (χ3v) is 12.9. The predicted octanol–water partition coefficient (Wildman–Crippen LogP) is 8.32. The molecule has 0 saturated carbocycles. The number of carbonyl (C=O) groups is 1. The molecule has 226 valence electrons. The van der Waals surface area contributed by atoms with Gasteiger partial charge < -0.3 is 10.2 Å². The molecule has 0 aromatic heterocycles. The Hall–Kier alpha value is -2.04. The van der Waals surface area contributed by atoms with E-state index in [0.29, 0.717) is 6.42 Å². The molecule has 1 unspecified atom stereocenters. The van der Waals surface area contributed by atoms with E-state index < -0.39 is 30.9 Å². The summed E-state index contributed by atoms with van der Waals surface area (Å²) in [5, 5.41) is 2.26. The lowest BCUT2D eigenvalue weighted by molar-refractivity contribution is -0.141. The van der Waals surface area contributed by atoms with E-state index in [2.05, 4.69) is 17.1 Å². The Balaban J connectivity index is 1.48. The maximum Gasteiger partial charge on any atom is 0.405 e. The molecular formula is C34H48F3N2OP. The van der Waals surface area contributed by atoms with Crippen LogP contribution in [0.1, 0.15) is 82.3 Å². The lowest BCUT2D eigenvalue weighted by Gasteiger charge is -2.32. The number of alkyl halides is 3. The fourth-order valence-corrected chi connectivity index (χ4v) is 10.2. The van der Waals surface area contributed by atoms with Crippen LogP contribution in [0.2, 0.25) is 0 Å². The van der Waals surface area contributed by atoms with Crippen molar-refractivity contribution in [3.05, 3.63) is 59.7 Å². The number of amides is 1. The number of nitrogens with zero attached hydrogens (tertiary/aromatic N) is 1. The molecule has 2 aromatic carbocycles. The molecule has 1 saturated heterocycles. The van der Waals surface area contributed by atoms with Gasteiger partial charge in [0.05, 0.1) is 0 Å². The highest BCUT2D eigenvalue weighted by molar-refractivity contribution is 7.73. The second kappa shape index (κ2) is 14.4. The minimum Gasteiger partial charge on any atom is -0.346 e. The standard InChI is InChI=1S/C34H48F3N2OP/c1-3-4-13-24-41(2,26-15-23-39-21-11-5-12-22-39)25-14-10-20-33(32(40)38-27-34(35,36)37)30-18-8-6-16-28(30)29-17-7-9-19-31(29)33/h6-9,16-19H,2-5,10-15,20-27H2,1H3,(H,38,40). The van der Waals surface area contributed by atoms with E-state index in [-0.39, 0.29) is 0 Å². The quantitative estimate of drug-likeness (QED) is 0.168. The van der Waals surface area contributed by atoms with Crippen LogP contribution in [0.4, 0.5) is 13.2 Å². The smallest absolute Gasteiger partial charge is 0.346 e. The van der Waals surface area contributed by atoms with Crippen LogP contribution in [-0.2, 0) is 10.2 Å². The van der Waals surface area contributed by atoms with E-state index in [4.69, 9.17) is 6.30 Å². The van der Waals surface area contributed by atoms with Crippen molar-refractivity contribution in [1.82, 2.24) is 10.2 Å². The molecule has 3 nitrogen and oxygen atoms in total. The third-order valence-electron chi connectivity index (χ3n) is 9.13. The molecule has 2 aliphatic rings. The van der Waals surface area contributed by atoms with Gasteiger partial charge in [-0.25, -0.2) is 0 Å². The molecule has 1 fully saturated rings. The molecule has 1 aliphatic carbocycles. The number of halogens is 3. The number of likely N-dealkylation sites (tertiary alicyclic amines) is 1. The minimum atomic E-state index is -4.46. The van der Waals surface area contributed by atoms with Crippen LogP contribution >= 0.6 is 6.89 Å². The van der Waals surface area contributed by atoms with Crippen molar-refractivity contribution in [3.8, 4) is 11.1 Å². The highest BCUT2D eigenvalue weighted by atomic mass is 31.2. The van der Waals surface area contributed by atoms with Crippen LogP contribution < -0.4 is 5.32 Å². The van der Waals surface area contributed by atoms with Gasteiger partial charge in [0, 0.05) is 0 Å². The number of hydrogen-bond donors (Lipinski definition) is 1. The third kappa shape index (κ3) is 8.08. The number of fused-ring (bicyclic) bond motifs is 3. The van der Waals surface area contributed by atoms with Crippen molar-refractivity contribution in [1.29, 1.82) is 0 Å². The Kier molecular flexibility index (Phi) is 11.2. The average Bonchev–Trinajstić information content (AvgIpc) is 3.25. The van der Waals surface area contributed by atoms with Gasteiger partial charge in [-0.15, -0.1) is 13.2 Å². The van der Waals surface area contributed by atoms with Gasteiger partial charge in [-0.05, 0) is 98.9 Å². The number of nitrogens with one attached hydrogen (secondary N) is 1. The Labute approximate surface area is 245 Å². The molecule has 2 aromatic rings. The fraction of sp³-hybridized carbons (Fsp3) is 0.588. The number of rotatable bonds is 15. The van der Waals surface area contributed by atoms with Crippen LogP contribution in [-0.4, -0.2) is 67.9 Å². The van der Waals surface area contributed by atoms with E-state index in [9.17, 15) is 18.0 Å². The molecular weight excluding hydrogens is 540 g/mol. The summed E-state index contributed by atoms with van der Waals surface area (Å²) >= 11 is 0. The monoisotopic (exact) mass is 588 g/mol. The first kappa shape index (κ1) is 31.9. The number of unbranched alkanes of at least 4 members (excludes halogenated alkanes) is 3. The van der Waals surface area contributed by atoms with Gasteiger partial charge >= 0.3 is 6.18 Å². The van der Waals surface area contributed by atoms with Gasteiger partial charge in [-0.1, -0.05) is 81.1 Å². The minimum absolute atomic E-state index is 0.494. The number of carbonyl (C=O) groups excluding carboxylic acids is 1. The van der Waals surface area contributed by atoms with Crippen molar-refractivity contribution < 1.29 is 18.0 Å². The maximum atomic E-state index is 13.8. The van der Waals surface area contributed by atoms with Crippen LogP contribution in [0.5, 0.6) is 0 Å². The largest absolute Gasteiger partial charge is 0.405 e. The molecule has 0 radical (unpaired) electrons. The van der Waals surface area contributed by atoms with Crippen molar-refractivity contribution in [2.24, 2.45) is 0 Å². The summed E-state index contributed by atoms with van der Waals surface area (Å²) in [6, 6.07) is 15.4. The molecule has 1 amide bonds. The van der Waals surface area contributed by atoms with E-state index in [0.717, 1.165) is 41.3 Å². The van der Waals surface area contributed by atoms with Gasteiger partial charge in [0.25, 0.3) is 0 Å². The molecule has 1 N–H and O–H groups in total. The Morgan fingerprint density at radius 1 is 0.878 bits per heavy atom. The van der Waals surface area contributed by atoms with Crippen molar-refractivity contribution in [2.75, 3.05) is 44.7 Å². The van der Waals surface area contributed by atoms with Gasteiger partial charge in [-0.3, -0.25) is 4.79 Å². The van der Waals surface area contributed by atoms with Gasteiger partial charge in [0.15, 0.2) is 0 Å². The summed E-state index contributed by atoms with van der Waals surface area (Å²) in [6.07, 6.45) is 15.0. The normalized spacial score (nSPS) is 18.0. The van der Waals surface area contributed by atoms with Crippen LogP contribution in [0, 0.1) is 0 Å². The number of benzene rings is 2. The summed E-state index contributed by atoms with van der Waals surface area (Å²) in [5.41, 5.74) is 2.42. The van der Waals surface area contributed by atoms with Crippen LogP contribution in [0.15, 0.2) is 48.5 Å². The summed E-state index contributed by atoms with van der Waals surface area (Å²) in [4.78, 5) is 16.4. The van der Waals surface area contributed by atoms with Crippen LogP contribution in [0.3, 0.4) is 0 Å². The zero-order valence-corrected chi connectivity index (χ0v) is 25.7. The lowest BCUT2D eigenvalue weighted by Crippen LogP contribution is -2.47. The molecule has 1 atom stereocenters. The average molecular weight is 589 g/mol. The summed E-state index contributed by atoms with van der Waals surface area (Å²) in [7, 11) is 0. The Morgan fingerprint density at radius 2 is 1.44 bits per heavy atom. The summed E-state index contributed by atoms with van der Waals surface area (Å²) in [5.74, 6) is -0.549. The highest BCUT2D eigenvalue weighted by Gasteiger charge is 2.49. The van der Waals surface area contributed by atoms with Gasteiger partial charge in [0.1, 0.15) is 12.0 Å². The first-order valence-corrected chi connectivity index (χ1v) is 18.2. The van der Waals surface area contributed by atoms with Crippen molar-refractivity contribution in [2.45, 2.75) is 82.7 Å². The van der Waals surface area contributed by atoms with E-state index in [1.165, 1.54) is 76.9 Å². The molecule has 0 spiro atoms. The fourth-order valence-electron chi connectivity index (χ4n) is 6.97. The second-order valence-corrected chi connectivity index (χ2v) is 16.3. The molecule has 7 heteroatoms. The first-order valence-electron chi connectivity index (χ1n) is 15.7. The predicted molar refractivity (Wildman–Crippen MR) is 169 cm³/mol. The second-order valence-electron chi connectivity index (χ2n) is 12.2. The van der Waals surface area contributed by atoms with Gasteiger partial charge in [-0.2, -0.15) is 13.2 Å². The number of hydrogen-bond acceptors (Lipinski definition) is 2. The zero-order valence-electron chi connectivity index (χ0n) is 24.8. The Bertz CT molecular complexity index is 1140. The highest BCUT2D eigenvalue weighted by Crippen LogP contribution is 2.53.